The van der Waals surface area contributed by atoms with Gasteiger partial charge in [0.25, 0.3) is 0 Å². The third-order valence-electron chi connectivity index (χ3n) is 3.36. The first-order valence-electron chi connectivity index (χ1n) is 5.95. The normalized spacial score (nSPS) is 18.9. The zero-order chi connectivity index (χ0) is 10.2. The minimum Gasteiger partial charge on any atom is -0.271 e. The minimum atomic E-state index is 0.576. The van der Waals surface area contributed by atoms with Gasteiger partial charge in [-0.05, 0) is 38.0 Å². The van der Waals surface area contributed by atoms with Gasteiger partial charge in [0, 0.05) is 6.04 Å². The van der Waals surface area contributed by atoms with Gasteiger partial charge in [-0.15, -0.1) is 6.58 Å². The summed E-state index contributed by atoms with van der Waals surface area (Å²) < 4.78 is 0. The van der Waals surface area contributed by atoms with Gasteiger partial charge < -0.3 is 0 Å². The summed E-state index contributed by atoms with van der Waals surface area (Å²) in [4.78, 5) is 0. The molecule has 0 aromatic carbocycles. The van der Waals surface area contributed by atoms with Gasteiger partial charge in [-0.25, -0.2) is 0 Å². The van der Waals surface area contributed by atoms with Crippen LogP contribution in [0.15, 0.2) is 12.7 Å². The molecule has 1 atom stereocenters. The zero-order valence-electron chi connectivity index (χ0n) is 9.17. The lowest BCUT2D eigenvalue weighted by Gasteiger charge is -2.33. The second kappa shape index (κ2) is 7.02. The number of hydrogen-bond acceptors (Lipinski definition) is 2. The van der Waals surface area contributed by atoms with E-state index in [2.05, 4.69) is 12.0 Å². The van der Waals surface area contributed by atoms with Gasteiger partial charge in [-0.2, -0.15) is 0 Å². The molecule has 0 spiro atoms. The van der Waals surface area contributed by atoms with E-state index in [0.29, 0.717) is 6.04 Å². The fourth-order valence-electron chi connectivity index (χ4n) is 2.13. The van der Waals surface area contributed by atoms with Gasteiger partial charge in [0.05, 0.1) is 0 Å². The molecule has 0 aromatic heterocycles. The molecule has 1 rings (SSSR count). The molecule has 1 aliphatic rings. The second-order valence-corrected chi connectivity index (χ2v) is 4.39. The smallest absolute Gasteiger partial charge is 0.0238 e. The van der Waals surface area contributed by atoms with Crippen LogP contribution in [0.25, 0.3) is 0 Å². The first-order chi connectivity index (χ1) is 6.88. The van der Waals surface area contributed by atoms with Crippen molar-refractivity contribution in [3.8, 4) is 0 Å². The van der Waals surface area contributed by atoms with Crippen LogP contribution >= 0.6 is 0 Å². The highest BCUT2D eigenvalue weighted by molar-refractivity contribution is 4.81. The van der Waals surface area contributed by atoms with E-state index in [1.165, 1.54) is 44.9 Å². The maximum atomic E-state index is 5.56. The minimum absolute atomic E-state index is 0.576. The predicted octanol–water partition coefficient (Wildman–Crippen LogP) is 2.75. The Morgan fingerprint density at radius 3 is 2.64 bits per heavy atom. The van der Waals surface area contributed by atoms with Crippen molar-refractivity contribution in [2.75, 3.05) is 0 Å². The third-order valence-corrected chi connectivity index (χ3v) is 3.36. The third kappa shape index (κ3) is 3.81. The number of nitrogens with two attached hydrogens (primary N) is 1. The monoisotopic (exact) mass is 196 g/mol. The molecule has 0 amide bonds. The van der Waals surface area contributed by atoms with E-state index in [4.69, 9.17) is 5.84 Å². The highest BCUT2D eigenvalue weighted by Crippen LogP contribution is 2.31. The summed E-state index contributed by atoms with van der Waals surface area (Å²) in [5.74, 6) is 6.42. The highest BCUT2D eigenvalue weighted by atomic mass is 15.2. The summed E-state index contributed by atoms with van der Waals surface area (Å²) in [5, 5.41) is 0. The van der Waals surface area contributed by atoms with Gasteiger partial charge in [0.2, 0.25) is 0 Å². The van der Waals surface area contributed by atoms with Gasteiger partial charge in [-0.3, -0.25) is 11.3 Å². The fraction of sp³-hybridized carbons (Fsp3) is 0.833. The second-order valence-electron chi connectivity index (χ2n) is 4.39. The summed E-state index contributed by atoms with van der Waals surface area (Å²) in [6.45, 7) is 3.73. The molecule has 0 aliphatic heterocycles. The topological polar surface area (TPSA) is 38.0 Å². The SMILES string of the molecule is C=CCCCCCC(NN)C1CCC1. The van der Waals surface area contributed by atoms with Crippen LogP contribution in [-0.2, 0) is 0 Å². The van der Waals surface area contributed by atoms with Crippen LogP contribution in [0, 0.1) is 5.92 Å². The molecule has 14 heavy (non-hydrogen) atoms. The van der Waals surface area contributed by atoms with Crippen LogP contribution in [0.4, 0.5) is 0 Å². The molecule has 1 fully saturated rings. The predicted molar refractivity (Wildman–Crippen MR) is 61.7 cm³/mol. The first kappa shape index (κ1) is 11.7. The van der Waals surface area contributed by atoms with Crippen molar-refractivity contribution in [2.45, 2.75) is 57.4 Å². The average molecular weight is 196 g/mol. The number of unbranched alkanes of at least 4 members (excludes halogenated alkanes) is 3. The maximum Gasteiger partial charge on any atom is 0.0238 e. The van der Waals surface area contributed by atoms with Crippen LogP contribution in [0.1, 0.15) is 51.4 Å². The van der Waals surface area contributed by atoms with Gasteiger partial charge in [0.15, 0.2) is 0 Å². The Morgan fingerprint density at radius 1 is 1.36 bits per heavy atom. The lowest BCUT2D eigenvalue weighted by Crippen LogP contribution is -2.43. The fourth-order valence-corrected chi connectivity index (χ4v) is 2.13. The molecule has 2 nitrogen and oxygen atoms in total. The molecule has 1 saturated carbocycles. The van der Waals surface area contributed by atoms with E-state index in [9.17, 15) is 0 Å². The molecule has 82 valence electrons. The quantitative estimate of drug-likeness (QED) is 0.271. The van der Waals surface area contributed by atoms with E-state index >= 15 is 0 Å². The summed E-state index contributed by atoms with van der Waals surface area (Å²) in [6, 6.07) is 0.576. The van der Waals surface area contributed by atoms with Gasteiger partial charge >= 0.3 is 0 Å². The largest absolute Gasteiger partial charge is 0.271 e. The summed E-state index contributed by atoms with van der Waals surface area (Å²) >= 11 is 0. The Bertz CT molecular complexity index is 152. The maximum absolute atomic E-state index is 5.56. The van der Waals surface area contributed by atoms with E-state index in [1.807, 2.05) is 6.08 Å². The Hall–Kier alpha value is -0.340. The Kier molecular flexibility index (Phi) is 5.88. The summed E-state index contributed by atoms with van der Waals surface area (Å²) in [5.41, 5.74) is 2.97. The number of hydrazine groups is 1. The molecule has 0 saturated heterocycles. The number of rotatable bonds is 8. The summed E-state index contributed by atoms with van der Waals surface area (Å²) in [7, 11) is 0. The molecule has 0 aromatic rings. The van der Waals surface area contributed by atoms with Crippen molar-refractivity contribution in [3.63, 3.8) is 0 Å². The molecule has 0 bridgehead atoms. The Balaban J connectivity index is 1.99. The number of allylic oxidation sites excluding steroid dienone is 1. The molecule has 2 heteroatoms. The van der Waals surface area contributed by atoms with Crippen molar-refractivity contribution in [2.24, 2.45) is 11.8 Å². The lowest BCUT2D eigenvalue weighted by atomic mass is 9.78. The van der Waals surface area contributed by atoms with Crippen LogP contribution in [0.3, 0.4) is 0 Å². The highest BCUT2D eigenvalue weighted by Gasteiger charge is 2.25. The van der Waals surface area contributed by atoms with Crippen LogP contribution in [0.2, 0.25) is 0 Å². The Labute approximate surface area is 87.9 Å². The van der Waals surface area contributed by atoms with Gasteiger partial charge in [-0.1, -0.05) is 25.3 Å². The van der Waals surface area contributed by atoms with Crippen LogP contribution in [0.5, 0.6) is 0 Å². The van der Waals surface area contributed by atoms with Crippen LogP contribution in [-0.4, -0.2) is 6.04 Å². The number of nitrogens with one attached hydrogen (secondary N) is 1. The molecule has 0 radical (unpaired) electrons. The molecular formula is C12H24N2. The molecule has 1 aliphatic carbocycles. The van der Waals surface area contributed by atoms with E-state index < -0.39 is 0 Å². The van der Waals surface area contributed by atoms with E-state index in [0.717, 1.165) is 12.3 Å². The molecular weight excluding hydrogens is 172 g/mol. The van der Waals surface area contributed by atoms with Crippen molar-refractivity contribution in [1.29, 1.82) is 0 Å². The van der Waals surface area contributed by atoms with Crippen molar-refractivity contribution in [1.82, 2.24) is 5.43 Å². The molecule has 0 heterocycles. The van der Waals surface area contributed by atoms with E-state index in [1.54, 1.807) is 0 Å². The first-order valence-corrected chi connectivity index (χ1v) is 5.95. The van der Waals surface area contributed by atoms with E-state index in [-0.39, 0.29) is 0 Å². The van der Waals surface area contributed by atoms with Crippen LogP contribution < -0.4 is 11.3 Å². The molecule has 3 N–H and O–H groups in total. The van der Waals surface area contributed by atoms with Crippen molar-refractivity contribution >= 4 is 0 Å². The molecule has 1 unspecified atom stereocenters. The van der Waals surface area contributed by atoms with Crippen molar-refractivity contribution < 1.29 is 0 Å². The standard InChI is InChI=1S/C12H24N2/c1-2-3-4-5-6-10-12(14-13)11-8-7-9-11/h2,11-12,14H,1,3-10,13H2. The van der Waals surface area contributed by atoms with Gasteiger partial charge in [0.1, 0.15) is 0 Å². The number of hydrogen-bond donors (Lipinski definition) is 2. The zero-order valence-corrected chi connectivity index (χ0v) is 9.17. The lowest BCUT2D eigenvalue weighted by molar-refractivity contribution is 0.217. The summed E-state index contributed by atoms with van der Waals surface area (Å²) in [6.07, 6.45) is 12.5. The Morgan fingerprint density at radius 2 is 2.14 bits per heavy atom. The average Bonchev–Trinajstić information content (AvgIpc) is 2.12. The van der Waals surface area contributed by atoms with Crippen molar-refractivity contribution in [3.05, 3.63) is 12.7 Å².